The van der Waals surface area contributed by atoms with Crippen LogP contribution < -0.4 is 4.74 Å². The van der Waals surface area contributed by atoms with Gasteiger partial charge in [0.05, 0.1) is 25.0 Å². The molecule has 32 heavy (non-hydrogen) atoms. The van der Waals surface area contributed by atoms with E-state index in [1.54, 1.807) is 0 Å². The zero-order chi connectivity index (χ0) is 22.6. The zero-order valence-electron chi connectivity index (χ0n) is 16.5. The van der Waals surface area contributed by atoms with Gasteiger partial charge < -0.3 is 24.8 Å². The van der Waals surface area contributed by atoms with E-state index in [-0.39, 0.29) is 17.3 Å². The van der Waals surface area contributed by atoms with Crippen LogP contribution in [0.4, 0.5) is 5.69 Å². The maximum absolute atomic E-state index is 10.9. The maximum Gasteiger partial charge on any atom is 0.305 e. The Balaban J connectivity index is 1.65. The van der Waals surface area contributed by atoms with E-state index in [0.717, 1.165) is 0 Å². The van der Waals surface area contributed by atoms with Gasteiger partial charge in [0.2, 0.25) is 0 Å². The second-order valence-corrected chi connectivity index (χ2v) is 7.14. The molecule has 1 aromatic carbocycles. The van der Waals surface area contributed by atoms with Gasteiger partial charge in [-0.2, -0.15) is 4.98 Å². The standard InChI is InChI=1S/C18H17N7O7/c1-31-18-20-15-11(19-7-23(15)17-13(28)12(27)10(6-26)32-17)16-22-21-14(24(16)18)8-2-4-9(5-3-8)25(29)30/h2-5,7,10,12-13,17,26-28H,6H2,1H3/t10-,12-,13-,17-/m1/s1. The van der Waals surface area contributed by atoms with Crippen LogP contribution in [0.25, 0.3) is 28.2 Å². The summed E-state index contributed by atoms with van der Waals surface area (Å²) in [4.78, 5) is 19.2. The number of methoxy groups -OCH3 is 1. The van der Waals surface area contributed by atoms with Crippen LogP contribution >= 0.6 is 0 Å². The summed E-state index contributed by atoms with van der Waals surface area (Å²) in [6.07, 6.45) is -3.22. The molecular formula is C18H17N7O7. The Kier molecular flexibility index (Phi) is 4.70. The van der Waals surface area contributed by atoms with Gasteiger partial charge in [-0.15, -0.1) is 10.2 Å². The van der Waals surface area contributed by atoms with Crippen molar-refractivity contribution in [2.45, 2.75) is 24.5 Å². The van der Waals surface area contributed by atoms with Crippen LogP contribution in [0.2, 0.25) is 0 Å². The summed E-state index contributed by atoms with van der Waals surface area (Å²) in [6.45, 7) is -0.467. The molecule has 1 aliphatic heterocycles. The summed E-state index contributed by atoms with van der Waals surface area (Å²) < 4.78 is 13.9. The van der Waals surface area contributed by atoms with E-state index in [4.69, 9.17) is 9.47 Å². The summed E-state index contributed by atoms with van der Waals surface area (Å²) in [7, 11) is 1.40. The molecule has 0 unspecified atom stereocenters. The van der Waals surface area contributed by atoms with Crippen LogP contribution in [-0.4, -0.2) is 81.4 Å². The highest BCUT2D eigenvalue weighted by Crippen LogP contribution is 2.34. The molecule has 4 heterocycles. The lowest BCUT2D eigenvalue weighted by molar-refractivity contribution is -0.384. The molecule has 0 spiro atoms. The fraction of sp³-hybridized carbons (Fsp3) is 0.333. The quantitative estimate of drug-likeness (QED) is 0.271. The normalized spacial score (nSPS) is 23.2. The van der Waals surface area contributed by atoms with Crippen molar-refractivity contribution < 1.29 is 29.7 Å². The van der Waals surface area contributed by atoms with Crippen molar-refractivity contribution in [3.63, 3.8) is 0 Å². The lowest BCUT2D eigenvalue weighted by atomic mass is 10.1. The van der Waals surface area contributed by atoms with Crippen LogP contribution in [0.3, 0.4) is 0 Å². The Labute approximate surface area is 178 Å². The Morgan fingerprint density at radius 2 is 1.94 bits per heavy atom. The van der Waals surface area contributed by atoms with Crippen LogP contribution in [0, 0.1) is 10.1 Å². The number of fused-ring (bicyclic) bond motifs is 3. The molecule has 4 atom stereocenters. The predicted octanol–water partition coefficient (Wildman–Crippen LogP) is -0.331. The third-order valence-corrected chi connectivity index (χ3v) is 5.35. The van der Waals surface area contributed by atoms with E-state index in [9.17, 15) is 25.4 Å². The van der Waals surface area contributed by atoms with Crippen molar-refractivity contribution in [1.82, 2.24) is 29.1 Å². The van der Waals surface area contributed by atoms with Gasteiger partial charge in [-0.25, -0.2) is 9.38 Å². The van der Waals surface area contributed by atoms with Crippen molar-refractivity contribution in [3.05, 3.63) is 40.7 Å². The third-order valence-electron chi connectivity index (χ3n) is 5.35. The number of benzene rings is 1. The molecule has 1 aliphatic rings. The highest BCUT2D eigenvalue weighted by Gasteiger charge is 2.44. The van der Waals surface area contributed by atoms with Gasteiger partial charge >= 0.3 is 6.01 Å². The molecule has 14 heteroatoms. The Morgan fingerprint density at radius 1 is 1.19 bits per heavy atom. The number of nitrogens with zero attached hydrogens (tertiary/aromatic N) is 7. The van der Waals surface area contributed by atoms with Crippen molar-refractivity contribution in [3.8, 4) is 17.4 Å². The van der Waals surface area contributed by atoms with Gasteiger partial charge in [-0.3, -0.25) is 14.7 Å². The Hall–Kier alpha value is -3.72. The van der Waals surface area contributed by atoms with E-state index in [0.29, 0.717) is 22.6 Å². The molecule has 0 amide bonds. The summed E-state index contributed by atoms with van der Waals surface area (Å²) >= 11 is 0. The fourth-order valence-electron chi connectivity index (χ4n) is 3.73. The second kappa shape index (κ2) is 7.45. The Morgan fingerprint density at radius 3 is 2.56 bits per heavy atom. The molecular weight excluding hydrogens is 426 g/mol. The molecule has 1 fully saturated rings. The monoisotopic (exact) mass is 443 g/mol. The maximum atomic E-state index is 10.9. The number of nitro groups is 1. The molecule has 3 aromatic heterocycles. The third kappa shape index (κ3) is 2.89. The second-order valence-electron chi connectivity index (χ2n) is 7.14. The highest BCUT2D eigenvalue weighted by molar-refractivity contribution is 5.87. The number of non-ortho nitro benzene ring substituents is 1. The molecule has 5 rings (SSSR count). The molecule has 0 saturated carbocycles. The van der Waals surface area contributed by atoms with Crippen molar-refractivity contribution >= 4 is 22.5 Å². The minimum absolute atomic E-state index is 0.0627. The number of aliphatic hydroxyl groups excluding tert-OH is 3. The number of hydrogen-bond acceptors (Lipinski definition) is 11. The average molecular weight is 443 g/mol. The molecule has 0 radical (unpaired) electrons. The summed E-state index contributed by atoms with van der Waals surface area (Å²) in [5.41, 5.74) is 1.36. The van der Waals surface area contributed by atoms with Crippen LogP contribution in [0.1, 0.15) is 6.23 Å². The first kappa shape index (κ1) is 20.2. The summed E-state index contributed by atoms with van der Waals surface area (Å²) in [5, 5.41) is 49.1. The van der Waals surface area contributed by atoms with Gasteiger partial charge in [0, 0.05) is 17.7 Å². The molecule has 14 nitrogen and oxygen atoms in total. The molecule has 4 aromatic rings. The number of imidazole rings is 1. The first-order valence-electron chi connectivity index (χ1n) is 9.47. The molecule has 166 valence electrons. The lowest BCUT2D eigenvalue weighted by Gasteiger charge is -2.16. The van der Waals surface area contributed by atoms with Crippen molar-refractivity contribution in [1.29, 1.82) is 0 Å². The van der Waals surface area contributed by atoms with Gasteiger partial charge in [0.1, 0.15) is 18.3 Å². The number of rotatable bonds is 5. The van der Waals surface area contributed by atoms with Gasteiger partial charge in [0.15, 0.2) is 28.9 Å². The lowest BCUT2D eigenvalue weighted by Crippen LogP contribution is -2.33. The summed E-state index contributed by atoms with van der Waals surface area (Å²) in [6, 6.07) is 5.88. The SMILES string of the molecule is COc1nc2c(ncn2[C@@H]2O[C@H](CO)[C@@H](O)[C@H]2O)c2nnc(-c3ccc([N+](=O)[O-])cc3)n12. The largest absolute Gasteiger partial charge is 0.468 e. The molecule has 1 saturated heterocycles. The fourth-order valence-corrected chi connectivity index (χ4v) is 3.73. The topological polar surface area (TPSA) is 183 Å². The first-order chi connectivity index (χ1) is 15.4. The van der Waals surface area contributed by atoms with E-state index < -0.39 is 36.1 Å². The van der Waals surface area contributed by atoms with Crippen LogP contribution in [0.5, 0.6) is 6.01 Å². The summed E-state index contributed by atoms with van der Waals surface area (Å²) in [5.74, 6) is 0.337. The van der Waals surface area contributed by atoms with Crippen LogP contribution in [0.15, 0.2) is 30.6 Å². The van der Waals surface area contributed by atoms with Gasteiger partial charge in [-0.1, -0.05) is 0 Å². The number of ether oxygens (including phenoxy) is 2. The highest BCUT2D eigenvalue weighted by atomic mass is 16.6. The van der Waals surface area contributed by atoms with E-state index >= 15 is 0 Å². The van der Waals surface area contributed by atoms with E-state index in [2.05, 4.69) is 20.2 Å². The molecule has 3 N–H and O–H groups in total. The number of nitro benzene ring substituents is 1. The van der Waals surface area contributed by atoms with Gasteiger partial charge in [0.25, 0.3) is 5.69 Å². The van der Waals surface area contributed by atoms with Gasteiger partial charge in [-0.05, 0) is 12.1 Å². The smallest absolute Gasteiger partial charge is 0.305 e. The predicted molar refractivity (Wildman–Crippen MR) is 106 cm³/mol. The minimum Gasteiger partial charge on any atom is -0.468 e. The molecule has 0 bridgehead atoms. The number of aromatic nitrogens is 6. The van der Waals surface area contributed by atoms with E-state index in [1.165, 1.54) is 46.7 Å². The van der Waals surface area contributed by atoms with Crippen molar-refractivity contribution in [2.24, 2.45) is 0 Å². The zero-order valence-corrected chi connectivity index (χ0v) is 16.5. The first-order valence-corrected chi connectivity index (χ1v) is 9.47. The van der Waals surface area contributed by atoms with Crippen molar-refractivity contribution in [2.75, 3.05) is 13.7 Å². The Bertz CT molecular complexity index is 1320. The minimum atomic E-state index is -1.32. The average Bonchev–Trinajstić information content (AvgIpc) is 3.49. The van der Waals surface area contributed by atoms with E-state index in [1.807, 2.05) is 0 Å². The number of aliphatic hydroxyl groups is 3. The molecule has 0 aliphatic carbocycles. The van der Waals surface area contributed by atoms with Crippen LogP contribution in [-0.2, 0) is 4.74 Å². The number of hydrogen-bond donors (Lipinski definition) is 3.